The maximum Gasteiger partial charge on any atom is 0.143 e. The van der Waals surface area contributed by atoms with Crippen LogP contribution in [0.25, 0.3) is 0 Å². The zero-order valence-corrected chi connectivity index (χ0v) is 15.5. The van der Waals surface area contributed by atoms with Gasteiger partial charge in [0.25, 0.3) is 0 Å². The van der Waals surface area contributed by atoms with Gasteiger partial charge in [0.1, 0.15) is 12.4 Å². The van der Waals surface area contributed by atoms with Crippen molar-refractivity contribution < 1.29 is 4.74 Å². The molecule has 22 heavy (non-hydrogen) atoms. The summed E-state index contributed by atoms with van der Waals surface area (Å²) in [6, 6.07) is 12.5. The minimum Gasteiger partial charge on any atom is -0.487 e. The summed E-state index contributed by atoms with van der Waals surface area (Å²) in [6.45, 7) is 1.63. The fourth-order valence-electron chi connectivity index (χ4n) is 2.82. The van der Waals surface area contributed by atoms with Crippen LogP contribution in [0.2, 0.25) is 5.02 Å². The third kappa shape index (κ3) is 3.69. The molecule has 2 aromatic rings. The number of aryl methyl sites for hydroxylation is 1. The molecular weight excluding hydrogens is 409 g/mol. The molecule has 0 aromatic heterocycles. The molecule has 0 unspecified atom stereocenters. The summed E-state index contributed by atoms with van der Waals surface area (Å²) in [5, 5.41) is 0.806. The fraction of sp³-hybridized carbons (Fsp3) is 0.333. The van der Waals surface area contributed by atoms with Gasteiger partial charge in [-0.3, -0.25) is 0 Å². The molecule has 2 aromatic carbocycles. The van der Waals surface area contributed by atoms with Crippen LogP contribution in [0.1, 0.15) is 24.0 Å². The lowest BCUT2D eigenvalue weighted by Gasteiger charge is -2.22. The van der Waals surface area contributed by atoms with E-state index in [9.17, 15) is 0 Å². The van der Waals surface area contributed by atoms with E-state index in [0.29, 0.717) is 6.61 Å². The molecule has 1 heterocycles. The molecule has 1 aliphatic rings. The Morgan fingerprint density at radius 2 is 1.95 bits per heavy atom. The zero-order chi connectivity index (χ0) is 15.5. The van der Waals surface area contributed by atoms with Crippen LogP contribution in [0.5, 0.6) is 5.75 Å². The van der Waals surface area contributed by atoms with E-state index in [2.05, 4.69) is 64.9 Å². The van der Waals surface area contributed by atoms with Crippen LogP contribution in [0.15, 0.2) is 36.4 Å². The third-order valence-corrected chi connectivity index (χ3v) is 4.98. The lowest BCUT2D eigenvalue weighted by Crippen LogP contribution is -2.19. The number of fused-ring (bicyclic) bond motifs is 2. The van der Waals surface area contributed by atoms with Gasteiger partial charge in [0.15, 0.2) is 0 Å². The van der Waals surface area contributed by atoms with E-state index in [1.165, 1.54) is 20.4 Å². The normalized spacial score (nSPS) is 15.3. The number of halogens is 2. The van der Waals surface area contributed by atoms with Gasteiger partial charge in [0, 0.05) is 22.2 Å². The molecule has 0 atom stereocenters. The lowest BCUT2D eigenvalue weighted by atomic mass is 10.0. The highest BCUT2D eigenvalue weighted by atomic mass is 127. The van der Waals surface area contributed by atoms with Gasteiger partial charge in [-0.05, 0) is 83.3 Å². The Bertz CT molecular complexity index is 674. The monoisotopic (exact) mass is 427 g/mol. The van der Waals surface area contributed by atoms with Gasteiger partial charge >= 0.3 is 0 Å². The second-order valence-electron chi connectivity index (χ2n) is 5.69. The van der Waals surface area contributed by atoms with Crippen molar-refractivity contribution in [3.05, 3.63) is 56.1 Å². The van der Waals surface area contributed by atoms with Crippen LogP contribution in [0.3, 0.4) is 0 Å². The van der Waals surface area contributed by atoms with Gasteiger partial charge in [-0.25, -0.2) is 0 Å². The highest BCUT2D eigenvalue weighted by molar-refractivity contribution is 14.1. The molecule has 0 spiro atoms. The number of anilines is 1. The summed E-state index contributed by atoms with van der Waals surface area (Å²) < 4.78 is 7.35. The minimum absolute atomic E-state index is 0.591. The van der Waals surface area contributed by atoms with Gasteiger partial charge in [-0.2, -0.15) is 0 Å². The first-order valence-corrected chi connectivity index (χ1v) is 9.00. The summed E-state index contributed by atoms with van der Waals surface area (Å²) in [5.41, 5.74) is 3.71. The predicted molar refractivity (Wildman–Crippen MR) is 101 cm³/mol. The van der Waals surface area contributed by atoms with Crippen LogP contribution >= 0.6 is 34.2 Å². The van der Waals surface area contributed by atoms with Gasteiger partial charge in [0.2, 0.25) is 0 Å². The second-order valence-corrected chi connectivity index (χ2v) is 7.37. The quantitative estimate of drug-likeness (QED) is 0.529. The van der Waals surface area contributed by atoms with Crippen molar-refractivity contribution in [3.63, 3.8) is 0 Å². The SMILES string of the molecule is CN1CCCCc2cc(Cl)ccc2COc2ccc(I)cc21. The van der Waals surface area contributed by atoms with Crippen molar-refractivity contribution in [3.8, 4) is 5.75 Å². The molecule has 2 nitrogen and oxygen atoms in total. The lowest BCUT2D eigenvalue weighted by molar-refractivity contribution is 0.306. The molecule has 0 fully saturated rings. The highest BCUT2D eigenvalue weighted by Crippen LogP contribution is 2.31. The molecular formula is C18H19ClINO. The van der Waals surface area contributed by atoms with Crippen molar-refractivity contribution in [1.82, 2.24) is 0 Å². The van der Waals surface area contributed by atoms with Crippen molar-refractivity contribution in [2.45, 2.75) is 25.9 Å². The Morgan fingerprint density at radius 3 is 2.82 bits per heavy atom. The second kappa shape index (κ2) is 7.09. The predicted octanol–water partition coefficient (Wildman–Crippen LogP) is 5.30. The Labute approximate surface area is 150 Å². The standard InChI is InChI=1S/C18H19ClINO/c1-21-9-3-2-4-13-10-15(19)6-5-14(13)12-22-18-8-7-16(20)11-17(18)21/h5-8,10-11H,2-4,9,12H2,1H3. The van der Waals surface area contributed by atoms with Gasteiger partial charge in [-0.15, -0.1) is 0 Å². The molecule has 0 bridgehead atoms. The van der Waals surface area contributed by atoms with E-state index in [1.54, 1.807) is 0 Å². The van der Waals surface area contributed by atoms with Crippen molar-refractivity contribution >= 4 is 39.9 Å². The summed E-state index contributed by atoms with van der Waals surface area (Å²) >= 11 is 8.50. The maximum absolute atomic E-state index is 6.15. The molecule has 0 saturated carbocycles. The van der Waals surface area contributed by atoms with Crippen LogP contribution in [0, 0.1) is 3.57 Å². The van der Waals surface area contributed by atoms with Crippen LogP contribution in [-0.2, 0) is 13.0 Å². The number of hydrogen-bond donors (Lipinski definition) is 0. The van der Waals surface area contributed by atoms with Crippen molar-refractivity contribution in [2.24, 2.45) is 0 Å². The minimum atomic E-state index is 0.591. The Hall–Kier alpha value is -0.940. The number of nitrogens with zero attached hydrogens (tertiary/aromatic N) is 1. The molecule has 0 aliphatic carbocycles. The number of hydrogen-bond acceptors (Lipinski definition) is 2. The first kappa shape index (κ1) is 15.9. The largest absolute Gasteiger partial charge is 0.487 e. The third-order valence-electron chi connectivity index (χ3n) is 4.07. The molecule has 116 valence electrons. The number of benzene rings is 2. The highest BCUT2D eigenvalue weighted by Gasteiger charge is 2.13. The van der Waals surface area contributed by atoms with Crippen molar-refractivity contribution in [1.29, 1.82) is 0 Å². The van der Waals surface area contributed by atoms with E-state index in [-0.39, 0.29) is 0 Å². The Balaban J connectivity index is 1.95. The molecule has 0 radical (unpaired) electrons. The Kier molecular flexibility index (Phi) is 5.14. The average Bonchev–Trinajstić information content (AvgIpc) is 2.53. The maximum atomic E-state index is 6.15. The average molecular weight is 428 g/mol. The number of ether oxygens (including phenoxy) is 1. The van der Waals surface area contributed by atoms with Crippen LogP contribution in [-0.4, -0.2) is 13.6 Å². The molecule has 0 saturated heterocycles. The fourth-order valence-corrected chi connectivity index (χ4v) is 3.49. The van der Waals surface area contributed by atoms with E-state index in [4.69, 9.17) is 16.3 Å². The molecule has 3 rings (SSSR count). The summed E-state index contributed by atoms with van der Waals surface area (Å²) in [6.07, 6.45) is 3.38. The van der Waals surface area contributed by atoms with Crippen LogP contribution < -0.4 is 9.64 Å². The molecule has 0 N–H and O–H groups in total. The van der Waals surface area contributed by atoms with E-state index < -0.39 is 0 Å². The van der Waals surface area contributed by atoms with E-state index in [0.717, 1.165) is 36.6 Å². The van der Waals surface area contributed by atoms with Crippen LogP contribution in [0.4, 0.5) is 5.69 Å². The smallest absolute Gasteiger partial charge is 0.143 e. The van der Waals surface area contributed by atoms with E-state index in [1.807, 2.05) is 6.07 Å². The summed E-state index contributed by atoms with van der Waals surface area (Å²) in [4.78, 5) is 2.29. The number of rotatable bonds is 0. The van der Waals surface area contributed by atoms with Gasteiger partial charge in [0.05, 0.1) is 5.69 Å². The molecule has 0 amide bonds. The van der Waals surface area contributed by atoms with Gasteiger partial charge < -0.3 is 9.64 Å². The Morgan fingerprint density at radius 1 is 1.09 bits per heavy atom. The summed E-state index contributed by atoms with van der Waals surface area (Å²) in [7, 11) is 2.14. The topological polar surface area (TPSA) is 12.5 Å². The summed E-state index contributed by atoms with van der Waals surface area (Å²) in [5.74, 6) is 0.950. The van der Waals surface area contributed by atoms with E-state index >= 15 is 0 Å². The van der Waals surface area contributed by atoms with Gasteiger partial charge in [-0.1, -0.05) is 17.7 Å². The molecule has 4 heteroatoms. The zero-order valence-electron chi connectivity index (χ0n) is 12.6. The molecule has 1 aliphatic heterocycles. The first-order chi connectivity index (χ1) is 10.6. The van der Waals surface area contributed by atoms with Crippen molar-refractivity contribution in [2.75, 3.05) is 18.5 Å². The first-order valence-electron chi connectivity index (χ1n) is 7.54.